The molecule has 3 N–H and O–H groups in total. The zero-order valence-electron chi connectivity index (χ0n) is 12.5. The van der Waals surface area contributed by atoms with Gasteiger partial charge in [0.2, 0.25) is 0 Å². The van der Waals surface area contributed by atoms with Gasteiger partial charge in [-0.05, 0) is 5.56 Å². The normalized spacial score (nSPS) is 20.8. The number of benzene rings is 1. The highest BCUT2D eigenvalue weighted by Gasteiger charge is 2.29. The van der Waals surface area contributed by atoms with E-state index in [1.165, 1.54) is 5.56 Å². The maximum absolute atomic E-state index is 8.99. The average Bonchev–Trinajstić information content (AvgIpc) is 2.50. The van der Waals surface area contributed by atoms with Crippen molar-refractivity contribution in [3.05, 3.63) is 35.9 Å². The van der Waals surface area contributed by atoms with E-state index in [1.54, 1.807) is 0 Å². The molecule has 1 unspecified atom stereocenters. The molecular formula is C16H27N3O. The Labute approximate surface area is 122 Å². The van der Waals surface area contributed by atoms with Crippen molar-refractivity contribution >= 4 is 0 Å². The predicted octanol–water partition coefficient (Wildman–Crippen LogP) is 0.513. The van der Waals surface area contributed by atoms with Crippen molar-refractivity contribution in [2.45, 2.75) is 12.3 Å². The summed E-state index contributed by atoms with van der Waals surface area (Å²) >= 11 is 0. The van der Waals surface area contributed by atoms with E-state index >= 15 is 0 Å². The molecule has 20 heavy (non-hydrogen) atoms. The first kappa shape index (κ1) is 15.4. The summed E-state index contributed by atoms with van der Waals surface area (Å²) in [6, 6.07) is 10.6. The van der Waals surface area contributed by atoms with E-state index in [2.05, 4.69) is 41.0 Å². The lowest BCUT2D eigenvalue weighted by Gasteiger charge is -2.40. The van der Waals surface area contributed by atoms with E-state index in [4.69, 9.17) is 10.8 Å². The van der Waals surface area contributed by atoms with Crippen LogP contribution in [0.2, 0.25) is 0 Å². The number of aliphatic hydroxyl groups is 1. The van der Waals surface area contributed by atoms with Gasteiger partial charge in [-0.25, -0.2) is 0 Å². The molecule has 4 heteroatoms. The van der Waals surface area contributed by atoms with Crippen LogP contribution in [0.15, 0.2) is 30.3 Å². The zero-order valence-corrected chi connectivity index (χ0v) is 12.5. The van der Waals surface area contributed by atoms with Gasteiger partial charge in [-0.3, -0.25) is 9.80 Å². The van der Waals surface area contributed by atoms with E-state index in [-0.39, 0.29) is 12.0 Å². The van der Waals surface area contributed by atoms with Crippen LogP contribution in [0.3, 0.4) is 0 Å². The Morgan fingerprint density at radius 1 is 1.10 bits per heavy atom. The van der Waals surface area contributed by atoms with Crippen LogP contribution >= 0.6 is 0 Å². The van der Waals surface area contributed by atoms with Gasteiger partial charge >= 0.3 is 0 Å². The summed E-state index contributed by atoms with van der Waals surface area (Å²) in [5, 5.41) is 8.99. The zero-order chi connectivity index (χ0) is 14.4. The number of β-amino-alcohol motifs (C(OH)–C–C–N with tert-alkyl or cyclic N) is 1. The summed E-state index contributed by atoms with van der Waals surface area (Å²) < 4.78 is 0. The molecule has 4 nitrogen and oxygen atoms in total. The molecule has 1 saturated heterocycles. The lowest BCUT2D eigenvalue weighted by Crippen LogP contribution is -2.52. The molecule has 1 aromatic carbocycles. The summed E-state index contributed by atoms with van der Waals surface area (Å²) in [7, 11) is 0. The summed E-state index contributed by atoms with van der Waals surface area (Å²) in [5.41, 5.74) is 7.40. The highest BCUT2D eigenvalue weighted by molar-refractivity contribution is 5.25. The molecule has 1 atom stereocenters. The first-order valence-corrected chi connectivity index (χ1v) is 7.49. The Kier molecular flexibility index (Phi) is 5.54. The number of nitrogens with zero attached hydrogens (tertiary/aromatic N) is 2. The van der Waals surface area contributed by atoms with E-state index in [9.17, 15) is 0 Å². The van der Waals surface area contributed by atoms with Crippen molar-refractivity contribution in [1.82, 2.24) is 9.80 Å². The van der Waals surface area contributed by atoms with Crippen molar-refractivity contribution < 1.29 is 5.11 Å². The third kappa shape index (κ3) is 3.79. The van der Waals surface area contributed by atoms with E-state index < -0.39 is 0 Å². The van der Waals surface area contributed by atoms with Gasteiger partial charge in [0.25, 0.3) is 0 Å². The number of nitrogens with two attached hydrogens (primary N) is 1. The molecule has 0 aliphatic carbocycles. The molecule has 1 fully saturated rings. The van der Waals surface area contributed by atoms with Gasteiger partial charge in [-0.1, -0.05) is 37.3 Å². The topological polar surface area (TPSA) is 52.7 Å². The third-order valence-corrected chi connectivity index (χ3v) is 4.37. The Morgan fingerprint density at radius 2 is 1.70 bits per heavy atom. The van der Waals surface area contributed by atoms with Crippen molar-refractivity contribution in [2.24, 2.45) is 5.73 Å². The Hall–Kier alpha value is -0.940. The van der Waals surface area contributed by atoms with Gasteiger partial charge < -0.3 is 10.8 Å². The van der Waals surface area contributed by atoms with Crippen LogP contribution in [0.4, 0.5) is 0 Å². The second-order valence-corrected chi connectivity index (χ2v) is 5.97. The van der Waals surface area contributed by atoms with Crippen molar-refractivity contribution in [1.29, 1.82) is 0 Å². The average molecular weight is 277 g/mol. The quantitative estimate of drug-likeness (QED) is 0.796. The van der Waals surface area contributed by atoms with Crippen LogP contribution < -0.4 is 5.73 Å². The molecule has 0 radical (unpaired) electrons. The molecule has 0 amide bonds. The van der Waals surface area contributed by atoms with Crippen molar-refractivity contribution in [3.63, 3.8) is 0 Å². The summed E-state index contributed by atoms with van der Waals surface area (Å²) in [6.07, 6.45) is 0. The largest absolute Gasteiger partial charge is 0.395 e. The minimum absolute atomic E-state index is 0.0143. The highest BCUT2D eigenvalue weighted by atomic mass is 16.3. The molecule has 1 aliphatic heterocycles. The van der Waals surface area contributed by atoms with Gasteiger partial charge in [-0.15, -0.1) is 0 Å². The lowest BCUT2D eigenvalue weighted by atomic mass is 9.82. The number of aliphatic hydroxyl groups excluding tert-OH is 1. The molecule has 112 valence electrons. The molecule has 0 aromatic heterocycles. The summed E-state index contributed by atoms with van der Waals surface area (Å²) in [6.45, 7) is 9.15. The molecule has 0 bridgehead atoms. The number of rotatable bonds is 6. The Morgan fingerprint density at radius 3 is 2.25 bits per heavy atom. The molecule has 1 heterocycles. The lowest BCUT2D eigenvalue weighted by molar-refractivity contribution is 0.0982. The minimum Gasteiger partial charge on any atom is -0.395 e. The van der Waals surface area contributed by atoms with Gasteiger partial charge in [0.15, 0.2) is 0 Å². The van der Waals surface area contributed by atoms with Crippen molar-refractivity contribution in [2.75, 3.05) is 52.4 Å². The number of piperazine rings is 1. The number of hydrogen-bond acceptors (Lipinski definition) is 4. The maximum atomic E-state index is 8.99. The molecular weight excluding hydrogens is 250 g/mol. The SMILES string of the molecule is CC(CN)(CN1CCN(CCO)CC1)c1ccccc1. The van der Waals surface area contributed by atoms with Gasteiger partial charge in [-0.2, -0.15) is 0 Å². The second kappa shape index (κ2) is 7.18. The molecule has 0 saturated carbocycles. The number of hydrogen-bond donors (Lipinski definition) is 2. The standard InChI is InChI=1S/C16H27N3O/c1-16(13-17,15-5-3-2-4-6-15)14-19-9-7-18(8-10-19)11-12-20/h2-6,20H,7-14,17H2,1H3. The summed E-state index contributed by atoms with van der Waals surface area (Å²) in [4.78, 5) is 4.81. The van der Waals surface area contributed by atoms with Gasteiger partial charge in [0, 0.05) is 51.2 Å². The molecule has 1 aliphatic rings. The van der Waals surface area contributed by atoms with Crippen LogP contribution in [0, 0.1) is 0 Å². The van der Waals surface area contributed by atoms with Crippen LogP contribution in [0.25, 0.3) is 0 Å². The maximum Gasteiger partial charge on any atom is 0.0558 e. The fraction of sp³-hybridized carbons (Fsp3) is 0.625. The molecule has 1 aromatic rings. The van der Waals surface area contributed by atoms with Crippen LogP contribution in [-0.2, 0) is 5.41 Å². The molecule has 2 rings (SSSR count). The fourth-order valence-corrected chi connectivity index (χ4v) is 2.92. The van der Waals surface area contributed by atoms with Crippen LogP contribution in [0.1, 0.15) is 12.5 Å². The first-order valence-electron chi connectivity index (χ1n) is 7.49. The smallest absolute Gasteiger partial charge is 0.0558 e. The predicted molar refractivity (Wildman–Crippen MR) is 82.8 cm³/mol. The Balaban J connectivity index is 1.94. The fourth-order valence-electron chi connectivity index (χ4n) is 2.92. The van der Waals surface area contributed by atoms with Crippen molar-refractivity contribution in [3.8, 4) is 0 Å². The Bertz CT molecular complexity index is 390. The second-order valence-electron chi connectivity index (χ2n) is 5.97. The van der Waals surface area contributed by atoms with Crippen LogP contribution in [0.5, 0.6) is 0 Å². The summed E-state index contributed by atoms with van der Waals surface area (Å²) in [5.74, 6) is 0. The van der Waals surface area contributed by atoms with E-state index in [0.29, 0.717) is 6.54 Å². The van der Waals surface area contributed by atoms with Gasteiger partial charge in [0.1, 0.15) is 0 Å². The van der Waals surface area contributed by atoms with Crippen LogP contribution in [-0.4, -0.2) is 67.3 Å². The highest BCUT2D eigenvalue weighted by Crippen LogP contribution is 2.24. The minimum atomic E-state index is 0.0143. The third-order valence-electron chi connectivity index (χ3n) is 4.37. The van der Waals surface area contributed by atoms with Gasteiger partial charge in [0.05, 0.1) is 6.61 Å². The van der Waals surface area contributed by atoms with E-state index in [1.807, 2.05) is 6.07 Å². The van der Waals surface area contributed by atoms with E-state index in [0.717, 1.165) is 39.3 Å². The monoisotopic (exact) mass is 277 g/mol. The molecule has 0 spiro atoms. The first-order chi connectivity index (χ1) is 9.68.